The number of nitrogens with zero attached hydrogens (tertiary/aromatic N) is 5. The maximum atomic E-state index is 11.2. The van der Waals surface area contributed by atoms with Crippen molar-refractivity contribution in [2.45, 2.75) is 0 Å². The Kier molecular flexibility index (Phi) is 6.67. The Balaban J connectivity index is 1.73. The number of benzene rings is 3. The Hall–Kier alpha value is -5.47. The van der Waals surface area contributed by atoms with Crippen molar-refractivity contribution in [2.24, 2.45) is 5.10 Å². The lowest BCUT2D eigenvalue weighted by Crippen LogP contribution is -1.98. The zero-order valence-corrected chi connectivity index (χ0v) is 16.8. The maximum Gasteiger partial charge on any atom is 0.318 e. The number of hydrogen-bond acceptors (Lipinski definition) is 11. The topological polar surface area (TPSA) is 206 Å². The summed E-state index contributed by atoms with van der Waals surface area (Å²) in [6, 6.07) is 12.0. The SMILES string of the molecule is O=[N+]([O-])c1ccc(N/N=C\c2ccc(Oc3ccc([N+](=O)[O-])cc3[N+](=O)[O-])cc2)c([N+](=O)[O-])c1. The number of rotatable bonds is 9. The van der Waals surface area contributed by atoms with Crippen molar-refractivity contribution in [3.8, 4) is 11.5 Å². The standard InChI is InChI=1S/C19H12N6O9/c26-22(27)13-3-7-16(17(9-13)24(30)31)21-20-11-12-1-5-15(6-2-12)34-19-8-4-14(23(28)29)10-18(19)25(32)33/h1-11,21H/b20-11-. The highest BCUT2D eigenvalue weighted by Gasteiger charge is 2.21. The van der Waals surface area contributed by atoms with E-state index in [1.54, 1.807) is 0 Å². The fourth-order valence-electron chi connectivity index (χ4n) is 2.65. The highest BCUT2D eigenvalue weighted by molar-refractivity contribution is 5.81. The lowest BCUT2D eigenvalue weighted by atomic mass is 10.2. The number of anilines is 1. The number of nitro groups is 4. The fraction of sp³-hybridized carbons (Fsp3) is 0. The molecule has 0 aliphatic carbocycles. The van der Waals surface area contributed by atoms with Crippen LogP contribution in [0.1, 0.15) is 5.56 Å². The highest BCUT2D eigenvalue weighted by atomic mass is 16.6. The number of nitrogens with one attached hydrogen (secondary N) is 1. The lowest BCUT2D eigenvalue weighted by Gasteiger charge is -2.06. The summed E-state index contributed by atoms with van der Waals surface area (Å²) >= 11 is 0. The predicted molar refractivity (Wildman–Crippen MR) is 117 cm³/mol. The lowest BCUT2D eigenvalue weighted by molar-refractivity contribution is -0.394. The van der Waals surface area contributed by atoms with E-state index in [0.717, 1.165) is 36.4 Å². The van der Waals surface area contributed by atoms with Gasteiger partial charge in [-0.05, 0) is 42.0 Å². The van der Waals surface area contributed by atoms with Crippen LogP contribution in [0.3, 0.4) is 0 Å². The Morgan fingerprint density at radius 1 is 0.706 bits per heavy atom. The second-order valence-corrected chi connectivity index (χ2v) is 6.42. The monoisotopic (exact) mass is 468 g/mol. The summed E-state index contributed by atoms with van der Waals surface area (Å²) in [6.07, 6.45) is 1.31. The molecule has 15 heteroatoms. The van der Waals surface area contributed by atoms with Crippen molar-refractivity contribution in [3.63, 3.8) is 0 Å². The van der Waals surface area contributed by atoms with Gasteiger partial charge in [-0.3, -0.25) is 45.9 Å². The van der Waals surface area contributed by atoms with Crippen LogP contribution in [-0.4, -0.2) is 25.9 Å². The first-order valence-corrected chi connectivity index (χ1v) is 9.08. The minimum atomic E-state index is -0.799. The number of hydrazone groups is 1. The third-order valence-electron chi connectivity index (χ3n) is 4.25. The summed E-state index contributed by atoms with van der Waals surface area (Å²) in [5.74, 6) is 0.0113. The summed E-state index contributed by atoms with van der Waals surface area (Å²) in [6.45, 7) is 0. The van der Waals surface area contributed by atoms with E-state index >= 15 is 0 Å². The second kappa shape index (κ2) is 9.77. The molecule has 0 aliphatic rings. The van der Waals surface area contributed by atoms with Gasteiger partial charge in [-0.1, -0.05) is 0 Å². The van der Waals surface area contributed by atoms with Gasteiger partial charge in [0.05, 0.1) is 38.0 Å². The first-order valence-electron chi connectivity index (χ1n) is 9.08. The molecule has 0 aliphatic heterocycles. The highest BCUT2D eigenvalue weighted by Crippen LogP contribution is 2.34. The normalized spacial score (nSPS) is 10.6. The minimum absolute atomic E-state index is 0.0581. The molecular formula is C19H12N6O9. The van der Waals surface area contributed by atoms with Gasteiger partial charge in [0.1, 0.15) is 11.4 Å². The van der Waals surface area contributed by atoms with Gasteiger partial charge in [0.2, 0.25) is 5.75 Å². The molecule has 34 heavy (non-hydrogen) atoms. The summed E-state index contributed by atoms with van der Waals surface area (Å²) in [5, 5.41) is 47.8. The molecule has 1 N–H and O–H groups in total. The molecule has 15 nitrogen and oxygen atoms in total. The first kappa shape index (κ1) is 23.2. The molecule has 0 radical (unpaired) electrons. The molecular weight excluding hydrogens is 456 g/mol. The Labute approximate surface area is 188 Å². The molecule has 3 aromatic carbocycles. The van der Waals surface area contributed by atoms with Crippen LogP contribution >= 0.6 is 0 Å². The number of nitro benzene ring substituents is 4. The van der Waals surface area contributed by atoms with Crippen LogP contribution in [0.2, 0.25) is 0 Å². The van der Waals surface area contributed by atoms with E-state index in [-0.39, 0.29) is 17.2 Å². The molecule has 3 aromatic rings. The van der Waals surface area contributed by atoms with Gasteiger partial charge in [0.25, 0.3) is 11.4 Å². The number of hydrogen-bond donors (Lipinski definition) is 1. The molecule has 172 valence electrons. The molecule has 0 unspecified atom stereocenters. The van der Waals surface area contributed by atoms with Crippen molar-refractivity contribution < 1.29 is 24.4 Å². The third kappa shape index (κ3) is 5.41. The van der Waals surface area contributed by atoms with E-state index in [1.165, 1.54) is 30.5 Å². The van der Waals surface area contributed by atoms with Gasteiger partial charge in [-0.2, -0.15) is 5.10 Å². The van der Waals surface area contributed by atoms with E-state index in [0.29, 0.717) is 5.56 Å². The van der Waals surface area contributed by atoms with Crippen molar-refractivity contribution >= 4 is 34.7 Å². The molecule has 0 aromatic heterocycles. The number of ether oxygens (including phenoxy) is 1. The largest absolute Gasteiger partial charge is 0.450 e. The third-order valence-corrected chi connectivity index (χ3v) is 4.25. The molecule has 0 spiro atoms. The molecule has 0 amide bonds. The van der Waals surface area contributed by atoms with Crippen LogP contribution in [0.15, 0.2) is 65.8 Å². The Morgan fingerprint density at radius 2 is 1.26 bits per heavy atom. The van der Waals surface area contributed by atoms with Gasteiger partial charge in [-0.25, -0.2) is 0 Å². The van der Waals surface area contributed by atoms with Gasteiger partial charge in [0, 0.05) is 12.1 Å². The van der Waals surface area contributed by atoms with Gasteiger partial charge in [0.15, 0.2) is 0 Å². The first-order chi connectivity index (χ1) is 16.2. The molecule has 0 saturated carbocycles. The van der Waals surface area contributed by atoms with Crippen LogP contribution in [0.5, 0.6) is 11.5 Å². The summed E-state index contributed by atoms with van der Waals surface area (Å²) in [7, 11) is 0. The molecule has 3 rings (SSSR count). The average Bonchev–Trinajstić information content (AvgIpc) is 2.80. The van der Waals surface area contributed by atoms with Crippen molar-refractivity contribution in [3.05, 3.63) is 107 Å². The van der Waals surface area contributed by atoms with Crippen LogP contribution in [-0.2, 0) is 0 Å². The van der Waals surface area contributed by atoms with Crippen LogP contribution in [0.25, 0.3) is 0 Å². The Morgan fingerprint density at radius 3 is 1.82 bits per heavy atom. The maximum absolute atomic E-state index is 11.2. The van der Waals surface area contributed by atoms with E-state index in [1.807, 2.05) is 0 Å². The zero-order valence-electron chi connectivity index (χ0n) is 16.8. The Bertz CT molecular complexity index is 1320. The van der Waals surface area contributed by atoms with E-state index < -0.39 is 42.4 Å². The van der Waals surface area contributed by atoms with E-state index in [9.17, 15) is 40.5 Å². The molecule has 0 saturated heterocycles. The quantitative estimate of drug-likeness (QED) is 0.263. The minimum Gasteiger partial charge on any atom is -0.450 e. The van der Waals surface area contributed by atoms with Crippen molar-refractivity contribution in [1.82, 2.24) is 0 Å². The average molecular weight is 468 g/mol. The van der Waals surface area contributed by atoms with Crippen LogP contribution in [0.4, 0.5) is 28.4 Å². The van der Waals surface area contributed by atoms with Crippen molar-refractivity contribution in [1.29, 1.82) is 0 Å². The predicted octanol–water partition coefficient (Wildman–Crippen LogP) is 4.56. The number of non-ortho nitro benzene ring substituents is 2. The van der Waals surface area contributed by atoms with E-state index in [2.05, 4.69) is 10.5 Å². The summed E-state index contributed by atoms with van der Waals surface area (Å²) in [5.41, 5.74) is 0.905. The molecule has 0 fully saturated rings. The second-order valence-electron chi connectivity index (χ2n) is 6.42. The van der Waals surface area contributed by atoms with E-state index in [4.69, 9.17) is 4.74 Å². The molecule has 0 bridgehead atoms. The van der Waals surface area contributed by atoms with Crippen LogP contribution < -0.4 is 10.2 Å². The van der Waals surface area contributed by atoms with Gasteiger partial charge in [-0.15, -0.1) is 0 Å². The van der Waals surface area contributed by atoms with Crippen LogP contribution in [0, 0.1) is 40.5 Å². The fourth-order valence-corrected chi connectivity index (χ4v) is 2.65. The van der Waals surface area contributed by atoms with Gasteiger partial charge < -0.3 is 4.74 Å². The van der Waals surface area contributed by atoms with Gasteiger partial charge >= 0.3 is 11.4 Å². The zero-order chi connectivity index (χ0) is 24.8. The summed E-state index contributed by atoms with van der Waals surface area (Å²) < 4.78 is 5.45. The molecule has 0 atom stereocenters. The smallest absolute Gasteiger partial charge is 0.318 e. The van der Waals surface area contributed by atoms with Crippen molar-refractivity contribution in [2.75, 3.05) is 5.43 Å². The summed E-state index contributed by atoms with van der Waals surface area (Å²) in [4.78, 5) is 40.8. The molecule has 0 heterocycles.